The molecule has 1 N–H and O–H groups in total. The quantitative estimate of drug-likeness (QED) is 0.672. The molecular formula is C22H32N4O2S. The summed E-state index contributed by atoms with van der Waals surface area (Å²) < 4.78 is 5.54. The van der Waals surface area contributed by atoms with E-state index in [-0.39, 0.29) is 11.9 Å². The lowest BCUT2D eigenvalue weighted by Crippen LogP contribution is -2.33. The number of thiazole rings is 1. The van der Waals surface area contributed by atoms with Crippen molar-refractivity contribution in [1.82, 2.24) is 15.2 Å². The fraction of sp³-hybridized carbons (Fsp3) is 0.545. The second-order valence-electron chi connectivity index (χ2n) is 7.94. The monoisotopic (exact) mass is 416 g/mol. The van der Waals surface area contributed by atoms with Crippen molar-refractivity contribution in [2.75, 3.05) is 45.7 Å². The van der Waals surface area contributed by atoms with E-state index in [1.807, 2.05) is 18.2 Å². The summed E-state index contributed by atoms with van der Waals surface area (Å²) in [5.41, 5.74) is 2.36. The minimum Gasteiger partial charge on any atom is -0.496 e. The summed E-state index contributed by atoms with van der Waals surface area (Å²) in [6.07, 6.45) is 4.46. The van der Waals surface area contributed by atoms with E-state index in [2.05, 4.69) is 41.5 Å². The number of methoxy groups -OCH3 is 1. The van der Waals surface area contributed by atoms with Gasteiger partial charge >= 0.3 is 0 Å². The number of hydrogen-bond donors (Lipinski definition) is 1. The molecule has 0 spiro atoms. The fourth-order valence-corrected chi connectivity index (χ4v) is 4.46. The molecule has 6 nitrogen and oxygen atoms in total. The van der Waals surface area contributed by atoms with Crippen molar-refractivity contribution in [3.05, 3.63) is 29.1 Å². The van der Waals surface area contributed by atoms with E-state index >= 15 is 0 Å². The van der Waals surface area contributed by atoms with Crippen molar-refractivity contribution in [1.29, 1.82) is 0 Å². The average molecular weight is 417 g/mol. The summed E-state index contributed by atoms with van der Waals surface area (Å²) in [5.74, 6) is 0.681. The van der Waals surface area contributed by atoms with E-state index < -0.39 is 0 Å². The molecule has 1 aliphatic rings. The zero-order valence-corrected chi connectivity index (χ0v) is 18.7. The summed E-state index contributed by atoms with van der Waals surface area (Å²) in [6.45, 7) is 5.22. The normalized spacial score (nSPS) is 15.0. The van der Waals surface area contributed by atoms with Gasteiger partial charge in [0.05, 0.1) is 12.8 Å². The number of carbonyl (C=O) groups is 1. The molecule has 0 bridgehead atoms. The number of aromatic nitrogens is 1. The molecule has 1 amide bonds. The van der Waals surface area contributed by atoms with Crippen molar-refractivity contribution in [3.63, 3.8) is 0 Å². The number of nitrogens with zero attached hydrogens (tertiary/aromatic N) is 3. The third-order valence-corrected chi connectivity index (χ3v) is 6.13. The Hall–Kier alpha value is -2.12. The molecule has 0 saturated carbocycles. The summed E-state index contributed by atoms with van der Waals surface area (Å²) in [6, 6.07) is 5.70. The lowest BCUT2D eigenvalue weighted by Gasteiger charge is -2.16. The number of nitrogens with one attached hydrogen (secondary N) is 1. The summed E-state index contributed by atoms with van der Waals surface area (Å²) in [5, 5.41) is 6.21. The van der Waals surface area contributed by atoms with Crippen LogP contribution in [0.4, 0.5) is 5.13 Å². The van der Waals surface area contributed by atoms with Gasteiger partial charge in [-0.2, -0.15) is 0 Å². The van der Waals surface area contributed by atoms with Crippen LogP contribution in [0.5, 0.6) is 5.75 Å². The first-order chi connectivity index (χ1) is 14.0. The van der Waals surface area contributed by atoms with Crippen molar-refractivity contribution >= 4 is 22.4 Å². The Labute approximate surface area is 177 Å². The lowest BCUT2D eigenvalue weighted by molar-refractivity contribution is 0.0937. The predicted molar refractivity (Wildman–Crippen MR) is 120 cm³/mol. The van der Waals surface area contributed by atoms with Gasteiger partial charge < -0.3 is 19.9 Å². The molecule has 3 rings (SSSR count). The molecule has 0 aliphatic carbocycles. The van der Waals surface area contributed by atoms with Gasteiger partial charge in [-0.25, -0.2) is 4.98 Å². The molecule has 29 heavy (non-hydrogen) atoms. The highest BCUT2D eigenvalue weighted by Crippen LogP contribution is 2.35. The van der Waals surface area contributed by atoms with E-state index in [0.29, 0.717) is 5.56 Å². The van der Waals surface area contributed by atoms with Crippen molar-refractivity contribution in [2.24, 2.45) is 0 Å². The zero-order chi connectivity index (χ0) is 20.8. The van der Waals surface area contributed by atoms with Gasteiger partial charge in [-0.1, -0.05) is 0 Å². The molecule has 1 saturated heterocycles. The van der Waals surface area contributed by atoms with E-state index in [0.717, 1.165) is 54.6 Å². The lowest BCUT2D eigenvalue weighted by atomic mass is 10.1. The number of rotatable bonds is 9. The first-order valence-corrected chi connectivity index (χ1v) is 11.2. The van der Waals surface area contributed by atoms with Crippen LogP contribution >= 0.6 is 11.3 Å². The number of anilines is 1. The number of amides is 1. The van der Waals surface area contributed by atoms with Crippen LogP contribution in [0.2, 0.25) is 0 Å². The van der Waals surface area contributed by atoms with Crippen molar-refractivity contribution in [3.8, 4) is 17.0 Å². The molecular weight excluding hydrogens is 384 g/mol. The first-order valence-electron chi connectivity index (χ1n) is 10.3. The Morgan fingerprint density at radius 2 is 2.10 bits per heavy atom. The molecule has 1 unspecified atom stereocenters. The van der Waals surface area contributed by atoms with Gasteiger partial charge in [-0.3, -0.25) is 4.79 Å². The van der Waals surface area contributed by atoms with Crippen LogP contribution in [0.15, 0.2) is 23.6 Å². The van der Waals surface area contributed by atoms with E-state index in [1.165, 1.54) is 12.8 Å². The highest BCUT2D eigenvalue weighted by atomic mass is 32.1. The molecule has 1 aromatic carbocycles. The highest BCUT2D eigenvalue weighted by Gasteiger charge is 2.19. The maximum atomic E-state index is 12.8. The van der Waals surface area contributed by atoms with E-state index in [4.69, 9.17) is 9.72 Å². The number of hydrogen-bond acceptors (Lipinski definition) is 6. The number of carbonyl (C=O) groups excluding carboxylic acids is 1. The Bertz CT molecular complexity index is 815. The standard InChI is InChI=1S/C22H32N4O2S/c1-16(8-7-11-25(2)3)23-21(27)17-9-10-20(28-4)18(14-17)19-15-29-22(24-19)26-12-5-6-13-26/h9-10,14-16H,5-8,11-13H2,1-4H3,(H,23,27). The van der Waals surface area contributed by atoms with Crippen LogP contribution in [-0.2, 0) is 0 Å². The van der Waals surface area contributed by atoms with E-state index in [1.54, 1.807) is 18.4 Å². The van der Waals surface area contributed by atoms with Crippen LogP contribution in [0.1, 0.15) is 43.0 Å². The Morgan fingerprint density at radius 1 is 1.34 bits per heavy atom. The molecule has 158 valence electrons. The van der Waals surface area contributed by atoms with Crippen LogP contribution in [-0.4, -0.2) is 62.7 Å². The Morgan fingerprint density at radius 3 is 2.79 bits per heavy atom. The third-order valence-electron chi connectivity index (χ3n) is 5.23. The summed E-state index contributed by atoms with van der Waals surface area (Å²) in [7, 11) is 5.78. The van der Waals surface area contributed by atoms with Crippen LogP contribution in [0, 0.1) is 0 Å². The van der Waals surface area contributed by atoms with Crippen LogP contribution < -0.4 is 15.0 Å². The first kappa shape index (κ1) is 21.6. The fourth-order valence-electron chi connectivity index (χ4n) is 3.58. The summed E-state index contributed by atoms with van der Waals surface area (Å²) in [4.78, 5) is 22.1. The average Bonchev–Trinajstić information content (AvgIpc) is 3.38. The van der Waals surface area contributed by atoms with Gasteiger partial charge in [-0.15, -0.1) is 11.3 Å². The second kappa shape index (κ2) is 10.1. The topological polar surface area (TPSA) is 57.7 Å². The van der Waals surface area contributed by atoms with Gasteiger partial charge in [0.2, 0.25) is 0 Å². The molecule has 7 heteroatoms. The van der Waals surface area contributed by atoms with E-state index in [9.17, 15) is 4.79 Å². The smallest absolute Gasteiger partial charge is 0.251 e. The zero-order valence-electron chi connectivity index (χ0n) is 17.9. The largest absolute Gasteiger partial charge is 0.496 e. The van der Waals surface area contributed by atoms with Crippen molar-refractivity contribution < 1.29 is 9.53 Å². The number of ether oxygens (including phenoxy) is 1. The second-order valence-corrected chi connectivity index (χ2v) is 8.78. The van der Waals surface area contributed by atoms with Crippen LogP contribution in [0.3, 0.4) is 0 Å². The molecule has 2 aromatic rings. The summed E-state index contributed by atoms with van der Waals surface area (Å²) >= 11 is 1.65. The third kappa shape index (κ3) is 5.70. The number of benzene rings is 1. The molecule has 2 heterocycles. The minimum absolute atomic E-state index is 0.0544. The van der Waals surface area contributed by atoms with Crippen LogP contribution in [0.25, 0.3) is 11.3 Å². The molecule has 0 radical (unpaired) electrons. The Kier molecular flexibility index (Phi) is 7.50. The van der Waals surface area contributed by atoms with Gasteiger partial charge in [-0.05, 0) is 71.4 Å². The molecule has 1 atom stereocenters. The Balaban J connectivity index is 1.72. The molecule has 1 aromatic heterocycles. The molecule has 1 aliphatic heterocycles. The minimum atomic E-state index is -0.0544. The highest BCUT2D eigenvalue weighted by molar-refractivity contribution is 7.14. The van der Waals surface area contributed by atoms with Crippen molar-refractivity contribution in [2.45, 2.75) is 38.6 Å². The van der Waals surface area contributed by atoms with Gasteiger partial charge in [0, 0.05) is 35.6 Å². The van der Waals surface area contributed by atoms with Gasteiger partial charge in [0.25, 0.3) is 5.91 Å². The SMILES string of the molecule is COc1ccc(C(=O)NC(C)CCCN(C)C)cc1-c1csc(N2CCCC2)n1. The van der Waals surface area contributed by atoms with Gasteiger partial charge in [0.1, 0.15) is 5.75 Å². The van der Waals surface area contributed by atoms with Gasteiger partial charge in [0.15, 0.2) is 5.13 Å². The maximum Gasteiger partial charge on any atom is 0.251 e. The predicted octanol–water partition coefficient (Wildman–Crippen LogP) is 3.88. The maximum absolute atomic E-state index is 12.8. The molecule has 1 fully saturated rings.